The number of rotatable bonds is 6. The Bertz CT molecular complexity index is 874. The molecule has 7 nitrogen and oxygen atoms in total. The number of hydrogen-bond acceptors (Lipinski definition) is 7. The minimum absolute atomic E-state index is 0.126. The first-order valence-corrected chi connectivity index (χ1v) is 8.47. The molecule has 0 aliphatic carbocycles. The van der Waals surface area contributed by atoms with Gasteiger partial charge in [-0.15, -0.1) is 11.3 Å². The maximum absolute atomic E-state index is 12.3. The zero-order valence-corrected chi connectivity index (χ0v) is 14.2. The number of thiophene rings is 1. The smallest absolute Gasteiger partial charge is 0.340 e. The summed E-state index contributed by atoms with van der Waals surface area (Å²) in [5.74, 6) is -0.0852. The molecular formula is C17H15N3O4S. The lowest BCUT2D eigenvalue weighted by atomic mass is 10.2. The topological polar surface area (TPSA) is 94.3 Å². The molecule has 1 aromatic carbocycles. The van der Waals surface area contributed by atoms with Crippen LogP contribution in [0.3, 0.4) is 0 Å². The van der Waals surface area contributed by atoms with E-state index in [9.17, 15) is 9.59 Å². The molecule has 0 fully saturated rings. The zero-order chi connectivity index (χ0) is 17.6. The van der Waals surface area contributed by atoms with Gasteiger partial charge in [0.15, 0.2) is 12.4 Å². The largest absolute Gasteiger partial charge is 0.452 e. The van der Waals surface area contributed by atoms with Gasteiger partial charge in [-0.05, 0) is 23.6 Å². The van der Waals surface area contributed by atoms with Crippen molar-refractivity contribution in [3.63, 3.8) is 0 Å². The third kappa shape index (κ3) is 4.10. The van der Waals surface area contributed by atoms with Gasteiger partial charge in [-0.1, -0.05) is 30.3 Å². The second-order valence-electron chi connectivity index (χ2n) is 5.01. The molecule has 0 aliphatic heterocycles. The van der Waals surface area contributed by atoms with Crippen molar-refractivity contribution in [1.82, 2.24) is 10.1 Å². The van der Waals surface area contributed by atoms with E-state index in [1.54, 1.807) is 36.4 Å². The molecule has 2 heterocycles. The summed E-state index contributed by atoms with van der Waals surface area (Å²) in [5.41, 5.74) is 0.633. The first kappa shape index (κ1) is 16.8. The third-order valence-corrected chi connectivity index (χ3v) is 4.16. The lowest BCUT2D eigenvalue weighted by Gasteiger charge is -2.09. The number of benzene rings is 1. The van der Waals surface area contributed by atoms with Gasteiger partial charge in [0.2, 0.25) is 0 Å². The number of aryl methyl sites for hydroxylation is 1. The number of para-hydroxylation sites is 1. The molecule has 0 radical (unpaired) electrons. The average molecular weight is 357 g/mol. The van der Waals surface area contributed by atoms with Crippen LogP contribution < -0.4 is 5.32 Å². The summed E-state index contributed by atoms with van der Waals surface area (Å²) in [7, 11) is 0. The molecule has 0 atom stereocenters. The minimum Gasteiger partial charge on any atom is -0.452 e. The summed E-state index contributed by atoms with van der Waals surface area (Å²) < 4.78 is 10.2. The quantitative estimate of drug-likeness (QED) is 0.680. The Morgan fingerprint density at radius 2 is 2.08 bits per heavy atom. The Morgan fingerprint density at radius 3 is 2.80 bits per heavy atom. The SMILES string of the molecule is CCc1noc(COC(=O)c2ccccc2NC(=O)c2cccs2)n1. The van der Waals surface area contributed by atoms with E-state index in [-0.39, 0.29) is 24.0 Å². The summed E-state index contributed by atoms with van der Waals surface area (Å²) in [6.07, 6.45) is 0.634. The molecule has 0 saturated heterocycles. The summed E-state index contributed by atoms with van der Waals surface area (Å²) in [6, 6.07) is 10.1. The minimum atomic E-state index is -0.585. The van der Waals surface area contributed by atoms with Gasteiger partial charge in [0.05, 0.1) is 16.1 Å². The van der Waals surface area contributed by atoms with E-state index in [4.69, 9.17) is 9.26 Å². The number of amides is 1. The standard InChI is InChI=1S/C17H15N3O4S/c1-2-14-19-15(24-20-14)10-23-17(22)11-6-3-4-7-12(11)18-16(21)13-8-5-9-25-13/h3-9H,2,10H2,1H3,(H,18,21). The van der Waals surface area contributed by atoms with E-state index in [2.05, 4.69) is 15.5 Å². The van der Waals surface area contributed by atoms with E-state index in [0.717, 1.165) is 0 Å². The van der Waals surface area contributed by atoms with E-state index in [1.807, 2.05) is 12.3 Å². The van der Waals surface area contributed by atoms with Crippen molar-refractivity contribution in [1.29, 1.82) is 0 Å². The molecule has 1 N–H and O–H groups in total. The number of hydrogen-bond donors (Lipinski definition) is 1. The maximum atomic E-state index is 12.3. The Labute approximate surface area is 147 Å². The lowest BCUT2D eigenvalue weighted by Crippen LogP contribution is -2.15. The molecular weight excluding hydrogens is 342 g/mol. The van der Waals surface area contributed by atoms with Crippen LogP contribution in [0.1, 0.15) is 38.7 Å². The predicted octanol–water partition coefficient (Wildman–Crippen LogP) is 3.30. The highest BCUT2D eigenvalue weighted by molar-refractivity contribution is 7.12. The zero-order valence-electron chi connectivity index (χ0n) is 13.4. The van der Waals surface area contributed by atoms with Crippen LogP contribution >= 0.6 is 11.3 Å². The van der Waals surface area contributed by atoms with Crippen LogP contribution in [0.15, 0.2) is 46.3 Å². The van der Waals surface area contributed by atoms with Crippen LogP contribution in [0.4, 0.5) is 5.69 Å². The Hall–Kier alpha value is -3.00. The molecule has 0 bridgehead atoms. The predicted molar refractivity (Wildman–Crippen MR) is 91.5 cm³/mol. The monoisotopic (exact) mass is 357 g/mol. The van der Waals surface area contributed by atoms with Crippen molar-refractivity contribution in [2.24, 2.45) is 0 Å². The molecule has 3 rings (SSSR count). The number of ether oxygens (including phenoxy) is 1. The van der Waals surface area contributed by atoms with E-state index in [0.29, 0.717) is 22.8 Å². The molecule has 8 heteroatoms. The fourth-order valence-electron chi connectivity index (χ4n) is 2.06. The number of anilines is 1. The van der Waals surface area contributed by atoms with Crippen LogP contribution in [-0.2, 0) is 17.8 Å². The first-order chi connectivity index (χ1) is 12.2. The molecule has 128 valence electrons. The molecule has 0 aliphatic rings. The summed E-state index contributed by atoms with van der Waals surface area (Å²) in [6.45, 7) is 1.77. The fourth-order valence-corrected chi connectivity index (χ4v) is 2.68. The first-order valence-electron chi connectivity index (χ1n) is 7.60. The second kappa shape index (κ2) is 7.71. The number of nitrogens with one attached hydrogen (secondary N) is 1. The average Bonchev–Trinajstić information content (AvgIpc) is 3.31. The summed E-state index contributed by atoms with van der Waals surface area (Å²) >= 11 is 1.32. The van der Waals surface area contributed by atoms with Gasteiger partial charge in [0.25, 0.3) is 11.8 Å². The van der Waals surface area contributed by atoms with Gasteiger partial charge < -0.3 is 14.6 Å². The lowest BCUT2D eigenvalue weighted by molar-refractivity contribution is 0.0431. The van der Waals surface area contributed by atoms with Crippen LogP contribution in [0.5, 0.6) is 0 Å². The van der Waals surface area contributed by atoms with Gasteiger partial charge in [-0.25, -0.2) is 4.79 Å². The Morgan fingerprint density at radius 1 is 1.24 bits per heavy atom. The molecule has 25 heavy (non-hydrogen) atoms. The molecule has 0 spiro atoms. The van der Waals surface area contributed by atoms with Crippen LogP contribution in [0.2, 0.25) is 0 Å². The molecule has 0 saturated carbocycles. The summed E-state index contributed by atoms with van der Waals surface area (Å²) in [5, 5.41) is 8.27. The van der Waals surface area contributed by atoms with Crippen molar-refractivity contribution in [3.8, 4) is 0 Å². The van der Waals surface area contributed by atoms with Gasteiger partial charge in [-0.2, -0.15) is 4.98 Å². The third-order valence-electron chi connectivity index (χ3n) is 3.29. The molecule has 0 unspecified atom stereocenters. The summed E-state index contributed by atoms with van der Waals surface area (Å²) in [4.78, 5) is 29.1. The Balaban J connectivity index is 1.69. The van der Waals surface area contributed by atoms with Crippen LogP contribution in [-0.4, -0.2) is 22.0 Å². The van der Waals surface area contributed by atoms with Crippen molar-refractivity contribution in [2.75, 3.05) is 5.32 Å². The molecule has 3 aromatic rings. The second-order valence-corrected chi connectivity index (χ2v) is 5.96. The van der Waals surface area contributed by atoms with Crippen molar-refractivity contribution >= 4 is 28.9 Å². The fraction of sp³-hybridized carbons (Fsp3) is 0.176. The normalized spacial score (nSPS) is 10.4. The van der Waals surface area contributed by atoms with Crippen molar-refractivity contribution in [3.05, 3.63) is 63.9 Å². The van der Waals surface area contributed by atoms with Crippen molar-refractivity contribution in [2.45, 2.75) is 20.0 Å². The van der Waals surface area contributed by atoms with Crippen LogP contribution in [0.25, 0.3) is 0 Å². The van der Waals surface area contributed by atoms with Gasteiger partial charge in [0.1, 0.15) is 0 Å². The number of carbonyl (C=O) groups is 2. The number of nitrogens with zero attached hydrogens (tertiary/aromatic N) is 2. The maximum Gasteiger partial charge on any atom is 0.340 e. The molecule has 2 aromatic heterocycles. The van der Waals surface area contributed by atoms with Crippen LogP contribution in [0, 0.1) is 0 Å². The highest BCUT2D eigenvalue weighted by Crippen LogP contribution is 2.19. The number of aromatic nitrogens is 2. The van der Waals surface area contributed by atoms with Gasteiger partial charge >= 0.3 is 5.97 Å². The van der Waals surface area contributed by atoms with Gasteiger partial charge in [0, 0.05) is 6.42 Å². The van der Waals surface area contributed by atoms with E-state index in [1.165, 1.54) is 11.3 Å². The highest BCUT2D eigenvalue weighted by atomic mass is 32.1. The molecule has 1 amide bonds. The number of esters is 1. The van der Waals surface area contributed by atoms with Crippen molar-refractivity contribution < 1.29 is 18.8 Å². The van der Waals surface area contributed by atoms with E-state index >= 15 is 0 Å². The highest BCUT2D eigenvalue weighted by Gasteiger charge is 2.17. The van der Waals surface area contributed by atoms with Gasteiger partial charge in [-0.3, -0.25) is 4.79 Å². The number of carbonyl (C=O) groups excluding carboxylic acids is 2. The Kier molecular flexibility index (Phi) is 5.20. The van der Waals surface area contributed by atoms with E-state index < -0.39 is 5.97 Å².